The van der Waals surface area contributed by atoms with Crippen LogP contribution in [0.2, 0.25) is 0 Å². The van der Waals surface area contributed by atoms with E-state index < -0.39 is 33.1 Å². The minimum absolute atomic E-state index is 0.0814. The zero-order chi connectivity index (χ0) is 13.3. The fourth-order valence-electron chi connectivity index (χ4n) is 1.52. The lowest BCUT2D eigenvalue weighted by molar-refractivity contribution is -0.134. The average Bonchev–Trinajstić information content (AvgIpc) is 2.15. The third kappa shape index (κ3) is 3.18. The molecule has 1 aliphatic rings. The molecule has 5 nitrogen and oxygen atoms in total. The summed E-state index contributed by atoms with van der Waals surface area (Å²) >= 11 is 0. The van der Waals surface area contributed by atoms with Gasteiger partial charge in [-0.1, -0.05) is 6.42 Å². The maximum atomic E-state index is 12.0. The summed E-state index contributed by atoms with van der Waals surface area (Å²) < 4.78 is 58.1. The van der Waals surface area contributed by atoms with Gasteiger partial charge in [0, 0.05) is 6.42 Å². The predicted molar refractivity (Wildman–Crippen MR) is 50.1 cm³/mol. The van der Waals surface area contributed by atoms with E-state index in [0.717, 1.165) is 4.72 Å². The van der Waals surface area contributed by atoms with Crippen molar-refractivity contribution < 1.29 is 31.2 Å². The maximum Gasteiger partial charge on any atom is 0.516 e. The van der Waals surface area contributed by atoms with Crippen molar-refractivity contribution in [1.82, 2.24) is 4.72 Å². The highest BCUT2D eigenvalue weighted by molar-refractivity contribution is 7.90. The molecule has 1 aliphatic carbocycles. The highest BCUT2D eigenvalue weighted by Crippen LogP contribution is 2.24. The summed E-state index contributed by atoms with van der Waals surface area (Å²) in [5.74, 6) is -3.21. The fourth-order valence-corrected chi connectivity index (χ4v) is 2.04. The van der Waals surface area contributed by atoms with Crippen molar-refractivity contribution in [2.45, 2.75) is 31.2 Å². The molecule has 0 heterocycles. The number of hydrogen-bond donors (Lipinski definition) is 1. The standard InChI is InChI=1S/C8H10F3NO4S/c9-8(10,11)17(15,16)12-7(14)5-3-1-2-4-6(5)13/h5H,1-4H2,(H,12,14). The van der Waals surface area contributed by atoms with Gasteiger partial charge in [-0.3, -0.25) is 9.59 Å². The van der Waals surface area contributed by atoms with Crippen molar-refractivity contribution in [2.24, 2.45) is 5.92 Å². The number of hydrogen-bond acceptors (Lipinski definition) is 4. The minimum Gasteiger partial charge on any atom is -0.299 e. The zero-order valence-electron chi connectivity index (χ0n) is 8.58. The second-order valence-electron chi connectivity index (χ2n) is 3.68. The molecule has 98 valence electrons. The molecule has 0 aromatic heterocycles. The van der Waals surface area contributed by atoms with E-state index in [1.165, 1.54) is 0 Å². The Bertz CT molecular complexity index is 429. The molecule has 0 bridgehead atoms. The number of sulfonamides is 1. The topological polar surface area (TPSA) is 80.3 Å². The fraction of sp³-hybridized carbons (Fsp3) is 0.750. The van der Waals surface area contributed by atoms with Crippen LogP contribution in [0.25, 0.3) is 0 Å². The number of carbonyl (C=O) groups is 2. The van der Waals surface area contributed by atoms with Crippen LogP contribution in [-0.4, -0.2) is 25.6 Å². The van der Waals surface area contributed by atoms with Gasteiger partial charge in [-0.25, -0.2) is 4.72 Å². The van der Waals surface area contributed by atoms with Gasteiger partial charge < -0.3 is 0 Å². The van der Waals surface area contributed by atoms with E-state index >= 15 is 0 Å². The normalized spacial score (nSPS) is 22.3. The highest BCUT2D eigenvalue weighted by atomic mass is 32.2. The van der Waals surface area contributed by atoms with Gasteiger partial charge in [0.1, 0.15) is 5.78 Å². The number of Topliss-reactive ketones (excluding diaryl/α,β-unsaturated/α-hetero) is 1. The minimum atomic E-state index is -5.72. The highest BCUT2D eigenvalue weighted by Gasteiger charge is 2.48. The number of halogens is 3. The van der Waals surface area contributed by atoms with Gasteiger partial charge in [-0.2, -0.15) is 21.6 Å². The Labute approximate surface area is 95.4 Å². The van der Waals surface area contributed by atoms with E-state index in [4.69, 9.17) is 0 Å². The first-order valence-electron chi connectivity index (χ1n) is 4.81. The molecule has 1 fully saturated rings. The summed E-state index contributed by atoms with van der Waals surface area (Å²) in [4.78, 5) is 22.5. The van der Waals surface area contributed by atoms with Crippen LogP contribution in [0.4, 0.5) is 13.2 Å². The summed E-state index contributed by atoms with van der Waals surface area (Å²) in [6.07, 6.45) is 1.24. The maximum absolute atomic E-state index is 12.0. The van der Waals surface area contributed by atoms with Crippen LogP contribution >= 0.6 is 0 Å². The number of nitrogens with one attached hydrogen (secondary N) is 1. The molecule has 1 atom stereocenters. The Kier molecular flexibility index (Phi) is 3.80. The number of ketones is 1. The van der Waals surface area contributed by atoms with Gasteiger partial charge in [0.05, 0.1) is 5.92 Å². The molecule has 0 saturated heterocycles. The summed E-state index contributed by atoms with van der Waals surface area (Å²) in [5.41, 5.74) is -5.56. The Morgan fingerprint density at radius 2 is 1.88 bits per heavy atom. The molecule has 1 amide bonds. The number of amides is 1. The Morgan fingerprint density at radius 3 is 2.35 bits per heavy atom. The van der Waals surface area contributed by atoms with Crippen molar-refractivity contribution >= 4 is 21.7 Å². The van der Waals surface area contributed by atoms with Gasteiger partial charge in [0.15, 0.2) is 0 Å². The lowest BCUT2D eigenvalue weighted by Gasteiger charge is -2.19. The molecule has 1 unspecified atom stereocenters. The number of rotatable bonds is 2. The smallest absolute Gasteiger partial charge is 0.299 e. The van der Waals surface area contributed by atoms with E-state index in [0.29, 0.717) is 12.8 Å². The van der Waals surface area contributed by atoms with Crippen molar-refractivity contribution in [3.05, 3.63) is 0 Å². The first-order valence-corrected chi connectivity index (χ1v) is 6.29. The molecule has 0 aliphatic heterocycles. The van der Waals surface area contributed by atoms with E-state index in [2.05, 4.69) is 0 Å². The third-order valence-electron chi connectivity index (χ3n) is 2.41. The van der Waals surface area contributed by atoms with Crippen LogP contribution in [0.5, 0.6) is 0 Å². The van der Waals surface area contributed by atoms with Gasteiger partial charge in [-0.05, 0) is 12.8 Å². The molecule has 9 heteroatoms. The average molecular weight is 273 g/mol. The molecule has 0 radical (unpaired) electrons. The number of alkyl halides is 3. The SMILES string of the molecule is O=C1CCCCC1C(=O)NS(=O)(=O)C(F)(F)F. The molecule has 1 rings (SSSR count). The molecule has 17 heavy (non-hydrogen) atoms. The summed E-state index contributed by atoms with van der Waals surface area (Å²) in [6, 6.07) is 0. The van der Waals surface area contributed by atoms with Crippen LogP contribution in [-0.2, 0) is 19.6 Å². The van der Waals surface area contributed by atoms with Gasteiger partial charge in [0.2, 0.25) is 5.91 Å². The first-order chi connectivity index (χ1) is 7.65. The predicted octanol–water partition coefficient (Wildman–Crippen LogP) is 0.712. The summed E-state index contributed by atoms with van der Waals surface area (Å²) in [6.45, 7) is 0. The van der Waals surface area contributed by atoms with Crippen molar-refractivity contribution in [3.63, 3.8) is 0 Å². The van der Waals surface area contributed by atoms with Crippen LogP contribution in [0.1, 0.15) is 25.7 Å². The molecule has 0 aromatic carbocycles. The Morgan fingerprint density at radius 1 is 1.29 bits per heavy atom. The van der Waals surface area contributed by atoms with Crippen LogP contribution in [0, 0.1) is 5.92 Å². The van der Waals surface area contributed by atoms with Crippen LogP contribution in [0.15, 0.2) is 0 Å². The quantitative estimate of drug-likeness (QED) is 0.751. The lowest BCUT2D eigenvalue weighted by Crippen LogP contribution is -2.45. The summed E-state index contributed by atoms with van der Waals surface area (Å²) in [7, 11) is -5.72. The first kappa shape index (κ1) is 13.9. The van der Waals surface area contributed by atoms with Crippen LogP contribution < -0.4 is 4.72 Å². The largest absolute Gasteiger partial charge is 0.516 e. The second-order valence-corrected chi connectivity index (χ2v) is 5.35. The van der Waals surface area contributed by atoms with E-state index in [-0.39, 0.29) is 12.8 Å². The zero-order valence-corrected chi connectivity index (χ0v) is 9.40. The molecule has 1 N–H and O–H groups in total. The molecular formula is C8H10F3NO4S. The molecule has 0 aromatic rings. The van der Waals surface area contributed by atoms with E-state index in [1.807, 2.05) is 0 Å². The Hall–Kier alpha value is -1.12. The lowest BCUT2D eigenvalue weighted by atomic mass is 9.88. The molecule has 1 saturated carbocycles. The van der Waals surface area contributed by atoms with Crippen molar-refractivity contribution in [3.8, 4) is 0 Å². The molecular weight excluding hydrogens is 263 g/mol. The third-order valence-corrected chi connectivity index (χ3v) is 3.49. The van der Waals surface area contributed by atoms with Crippen LogP contribution in [0.3, 0.4) is 0 Å². The van der Waals surface area contributed by atoms with Crippen molar-refractivity contribution in [1.29, 1.82) is 0 Å². The van der Waals surface area contributed by atoms with E-state index in [9.17, 15) is 31.2 Å². The van der Waals surface area contributed by atoms with E-state index in [1.54, 1.807) is 0 Å². The summed E-state index contributed by atoms with van der Waals surface area (Å²) in [5, 5.41) is 0. The van der Waals surface area contributed by atoms with Gasteiger partial charge in [-0.15, -0.1) is 0 Å². The number of carbonyl (C=O) groups excluding carboxylic acids is 2. The van der Waals surface area contributed by atoms with Gasteiger partial charge >= 0.3 is 15.5 Å². The molecule has 0 spiro atoms. The second kappa shape index (κ2) is 4.63. The Balaban J connectivity index is 2.76. The monoisotopic (exact) mass is 273 g/mol. The van der Waals surface area contributed by atoms with Gasteiger partial charge in [0.25, 0.3) is 0 Å². The van der Waals surface area contributed by atoms with Crippen molar-refractivity contribution in [2.75, 3.05) is 0 Å².